The zero-order valence-corrected chi connectivity index (χ0v) is 19.4. The van der Waals surface area contributed by atoms with Gasteiger partial charge in [0.25, 0.3) is 5.91 Å². The van der Waals surface area contributed by atoms with Crippen LogP contribution < -0.4 is 5.32 Å². The predicted molar refractivity (Wildman–Crippen MR) is 129 cm³/mol. The van der Waals surface area contributed by atoms with Gasteiger partial charge in [-0.3, -0.25) is 9.48 Å². The second-order valence-corrected chi connectivity index (χ2v) is 8.33. The van der Waals surface area contributed by atoms with E-state index in [0.29, 0.717) is 33.7 Å². The second kappa shape index (κ2) is 8.95. The molecule has 5 rings (SSSR count). The topological polar surface area (TPSA) is 77.1 Å². The molecule has 0 saturated heterocycles. The molecule has 0 saturated carbocycles. The molecular weight excluding hydrogens is 469 g/mol. The molecule has 5 aromatic rings. The van der Waals surface area contributed by atoms with Crippen molar-refractivity contribution in [2.45, 2.75) is 26.6 Å². The van der Waals surface area contributed by atoms with E-state index >= 15 is 0 Å². The molecule has 3 aromatic heterocycles. The summed E-state index contributed by atoms with van der Waals surface area (Å²) < 4.78 is 44.0. The second-order valence-electron chi connectivity index (χ2n) is 8.33. The number of hydrogen-bond acceptors (Lipinski definition) is 4. The van der Waals surface area contributed by atoms with E-state index in [-0.39, 0.29) is 17.0 Å². The maximum absolute atomic E-state index is 13.9. The van der Waals surface area contributed by atoms with Gasteiger partial charge >= 0.3 is 6.18 Å². The summed E-state index contributed by atoms with van der Waals surface area (Å²) in [5.74, 6) is -0.652. The number of nitrogens with zero attached hydrogens (tertiary/aromatic N) is 5. The molecule has 1 amide bonds. The average Bonchev–Trinajstić information content (AvgIpc) is 3.40. The fourth-order valence-corrected chi connectivity index (χ4v) is 4.01. The molecule has 0 unspecified atom stereocenters. The van der Waals surface area contributed by atoms with Crippen molar-refractivity contribution in [3.05, 3.63) is 101 Å². The van der Waals surface area contributed by atoms with Gasteiger partial charge in [0.2, 0.25) is 0 Å². The van der Waals surface area contributed by atoms with Crippen molar-refractivity contribution in [3.63, 3.8) is 0 Å². The number of benzene rings is 2. The normalized spacial score (nSPS) is 11.7. The lowest BCUT2D eigenvalue weighted by Gasteiger charge is -2.11. The first-order chi connectivity index (χ1) is 17.2. The molecule has 36 heavy (non-hydrogen) atoms. The zero-order chi connectivity index (χ0) is 25.4. The van der Waals surface area contributed by atoms with Crippen molar-refractivity contribution in [2.75, 3.05) is 5.32 Å². The fraction of sp³-hybridized carbons (Fsp3) is 0.154. The van der Waals surface area contributed by atoms with Crippen LogP contribution >= 0.6 is 0 Å². The van der Waals surface area contributed by atoms with Crippen molar-refractivity contribution in [1.29, 1.82) is 0 Å². The van der Waals surface area contributed by atoms with Crippen LogP contribution in [0.5, 0.6) is 0 Å². The molecule has 1 N–H and O–H groups in total. The molecule has 0 aliphatic carbocycles. The Balaban J connectivity index is 1.49. The van der Waals surface area contributed by atoms with Gasteiger partial charge in [-0.25, -0.2) is 9.50 Å². The molecule has 182 valence electrons. The van der Waals surface area contributed by atoms with E-state index in [0.717, 1.165) is 11.6 Å². The number of aryl methyl sites for hydroxylation is 1. The van der Waals surface area contributed by atoms with Crippen molar-refractivity contribution < 1.29 is 18.0 Å². The third kappa shape index (κ3) is 4.45. The van der Waals surface area contributed by atoms with Crippen molar-refractivity contribution in [2.24, 2.45) is 0 Å². The summed E-state index contributed by atoms with van der Waals surface area (Å²) in [6, 6.07) is 20.4. The van der Waals surface area contributed by atoms with Crippen LogP contribution in [-0.4, -0.2) is 30.3 Å². The molecule has 0 bridgehead atoms. The standard InChI is InChI=1S/C26H21F3N6O/c1-16-24(17(2)34(32-16)15-18-9-5-3-6-10-18)31-25(36)21-14-23-30-20(19-11-7-4-8-12-19)13-22(26(27,28)29)35(23)33-21/h3-14H,15H2,1-2H3,(H,31,36). The van der Waals surface area contributed by atoms with Crippen LogP contribution in [0.3, 0.4) is 0 Å². The van der Waals surface area contributed by atoms with Crippen LogP contribution in [0.25, 0.3) is 16.9 Å². The van der Waals surface area contributed by atoms with Gasteiger partial charge < -0.3 is 5.32 Å². The van der Waals surface area contributed by atoms with Crippen LogP contribution in [-0.2, 0) is 12.7 Å². The quantitative estimate of drug-likeness (QED) is 0.352. The Labute approximate surface area is 204 Å². The van der Waals surface area contributed by atoms with E-state index in [1.165, 1.54) is 6.07 Å². The molecule has 0 aliphatic heterocycles. The highest BCUT2D eigenvalue weighted by Gasteiger charge is 2.35. The Morgan fingerprint density at radius 2 is 1.61 bits per heavy atom. The highest BCUT2D eigenvalue weighted by Crippen LogP contribution is 2.32. The molecule has 0 spiro atoms. The van der Waals surface area contributed by atoms with Gasteiger partial charge in [0.15, 0.2) is 17.0 Å². The number of carbonyl (C=O) groups excluding carboxylic acids is 1. The minimum atomic E-state index is -4.70. The van der Waals surface area contributed by atoms with E-state index in [1.807, 2.05) is 37.3 Å². The third-order valence-electron chi connectivity index (χ3n) is 5.82. The van der Waals surface area contributed by atoms with Gasteiger partial charge in [0.1, 0.15) is 0 Å². The molecule has 3 heterocycles. The molecule has 0 fully saturated rings. The van der Waals surface area contributed by atoms with Crippen molar-refractivity contribution >= 4 is 17.2 Å². The summed E-state index contributed by atoms with van der Waals surface area (Å²) in [4.78, 5) is 17.4. The lowest BCUT2D eigenvalue weighted by molar-refractivity contribution is -0.142. The van der Waals surface area contributed by atoms with Crippen LogP contribution in [0.2, 0.25) is 0 Å². The van der Waals surface area contributed by atoms with Crippen LogP contribution in [0.15, 0.2) is 72.8 Å². The largest absolute Gasteiger partial charge is 0.433 e. The van der Waals surface area contributed by atoms with Gasteiger partial charge in [0.05, 0.1) is 29.3 Å². The van der Waals surface area contributed by atoms with Gasteiger partial charge in [-0.2, -0.15) is 23.4 Å². The number of nitrogens with one attached hydrogen (secondary N) is 1. The minimum absolute atomic E-state index is 0.0814. The summed E-state index contributed by atoms with van der Waals surface area (Å²) in [6.45, 7) is 4.08. The molecule has 0 aliphatic rings. The molecule has 0 atom stereocenters. The summed E-state index contributed by atoms with van der Waals surface area (Å²) in [5.41, 5.74) is 2.20. The lowest BCUT2D eigenvalue weighted by atomic mass is 10.1. The number of halogens is 3. The van der Waals surface area contributed by atoms with Crippen LogP contribution in [0, 0.1) is 13.8 Å². The van der Waals surface area contributed by atoms with E-state index in [9.17, 15) is 18.0 Å². The summed E-state index contributed by atoms with van der Waals surface area (Å²) in [5, 5.41) is 11.2. The number of rotatable bonds is 5. The maximum Gasteiger partial charge on any atom is 0.433 e. The Bertz CT molecular complexity index is 1560. The monoisotopic (exact) mass is 490 g/mol. The Kier molecular flexibility index (Phi) is 5.79. The van der Waals surface area contributed by atoms with Crippen LogP contribution in [0.4, 0.5) is 18.9 Å². The van der Waals surface area contributed by atoms with Gasteiger partial charge in [-0.15, -0.1) is 0 Å². The van der Waals surface area contributed by atoms with E-state index in [2.05, 4.69) is 20.5 Å². The SMILES string of the molecule is Cc1nn(Cc2ccccc2)c(C)c1NC(=O)c1cc2nc(-c3ccccc3)cc(C(F)(F)F)n2n1. The molecule has 7 nitrogen and oxygen atoms in total. The highest BCUT2D eigenvalue weighted by molar-refractivity contribution is 6.04. The van der Waals surface area contributed by atoms with E-state index in [1.54, 1.807) is 41.9 Å². The van der Waals surface area contributed by atoms with Crippen molar-refractivity contribution in [1.82, 2.24) is 24.4 Å². The highest BCUT2D eigenvalue weighted by atomic mass is 19.4. The molecule has 2 aromatic carbocycles. The third-order valence-corrected chi connectivity index (χ3v) is 5.82. The molecule has 10 heteroatoms. The first-order valence-electron chi connectivity index (χ1n) is 11.1. The number of alkyl halides is 3. The van der Waals surface area contributed by atoms with Gasteiger partial charge in [0, 0.05) is 11.6 Å². The van der Waals surface area contributed by atoms with Gasteiger partial charge in [-0.05, 0) is 25.5 Å². The number of fused-ring (bicyclic) bond motifs is 1. The number of hydrogen-bond donors (Lipinski definition) is 1. The Morgan fingerprint density at radius 1 is 0.944 bits per heavy atom. The number of amides is 1. The summed E-state index contributed by atoms with van der Waals surface area (Å²) in [7, 11) is 0. The van der Waals surface area contributed by atoms with Crippen LogP contribution in [0.1, 0.15) is 33.1 Å². The summed E-state index contributed by atoms with van der Waals surface area (Å²) in [6.07, 6.45) is -4.70. The van der Waals surface area contributed by atoms with E-state index < -0.39 is 17.8 Å². The Hall–Kier alpha value is -4.47. The molecule has 0 radical (unpaired) electrons. The zero-order valence-electron chi connectivity index (χ0n) is 19.4. The number of aromatic nitrogens is 5. The molecular formula is C26H21F3N6O. The maximum atomic E-state index is 13.9. The smallest absolute Gasteiger partial charge is 0.317 e. The lowest BCUT2D eigenvalue weighted by Crippen LogP contribution is -2.16. The fourth-order valence-electron chi connectivity index (χ4n) is 4.01. The summed E-state index contributed by atoms with van der Waals surface area (Å²) >= 11 is 0. The first-order valence-corrected chi connectivity index (χ1v) is 11.1. The number of anilines is 1. The average molecular weight is 490 g/mol. The number of carbonyl (C=O) groups is 1. The van der Waals surface area contributed by atoms with E-state index in [4.69, 9.17) is 0 Å². The predicted octanol–water partition coefficient (Wildman–Crippen LogP) is 5.53. The minimum Gasteiger partial charge on any atom is -0.317 e. The van der Waals surface area contributed by atoms with Gasteiger partial charge in [-0.1, -0.05) is 60.7 Å². The van der Waals surface area contributed by atoms with Crippen molar-refractivity contribution in [3.8, 4) is 11.3 Å². The first kappa shape index (κ1) is 23.3. The Morgan fingerprint density at radius 3 is 2.28 bits per heavy atom.